The van der Waals surface area contributed by atoms with Gasteiger partial charge < -0.3 is 10.3 Å². The van der Waals surface area contributed by atoms with Crippen molar-refractivity contribution in [2.45, 2.75) is 12.6 Å². The summed E-state index contributed by atoms with van der Waals surface area (Å²) in [6.07, 6.45) is 2.58. The Morgan fingerprint density at radius 2 is 2.55 bits per heavy atom. The van der Waals surface area contributed by atoms with Crippen LogP contribution < -0.4 is 5.73 Å². The highest BCUT2D eigenvalue weighted by atomic mass is 19.1. The van der Waals surface area contributed by atoms with Crippen LogP contribution in [0, 0.1) is 0 Å². The van der Waals surface area contributed by atoms with Gasteiger partial charge in [0, 0.05) is 13.2 Å². The van der Waals surface area contributed by atoms with Crippen molar-refractivity contribution in [1.82, 2.24) is 9.55 Å². The largest absolute Gasteiger partial charge is 0.340 e. The number of halogens is 1. The summed E-state index contributed by atoms with van der Waals surface area (Å²) >= 11 is 0. The minimum absolute atomic E-state index is 0.344. The molecule has 62 valence electrons. The maximum Gasteiger partial charge on any atom is 0.145 e. The monoisotopic (exact) mass is 157 g/mol. The van der Waals surface area contributed by atoms with Crippen molar-refractivity contribution >= 4 is 0 Å². The third-order valence-corrected chi connectivity index (χ3v) is 1.47. The molecule has 0 aliphatic heterocycles. The molecule has 1 aromatic heterocycles. The Morgan fingerprint density at radius 1 is 1.82 bits per heavy atom. The first-order valence-electron chi connectivity index (χ1n) is 3.56. The van der Waals surface area contributed by atoms with Gasteiger partial charge in [0.1, 0.15) is 6.17 Å². The van der Waals surface area contributed by atoms with Crippen LogP contribution >= 0.6 is 0 Å². The Labute approximate surface area is 65.0 Å². The number of alkyl halides is 1. The Balaban J connectivity index is 2.60. The van der Waals surface area contributed by atoms with Crippen LogP contribution in [0.15, 0.2) is 12.5 Å². The molecule has 3 nitrogen and oxygen atoms in total. The summed E-state index contributed by atoms with van der Waals surface area (Å²) < 4.78 is 14.7. The van der Waals surface area contributed by atoms with E-state index in [1.54, 1.807) is 17.1 Å². The van der Waals surface area contributed by atoms with Crippen molar-refractivity contribution in [3.63, 3.8) is 0 Å². The van der Waals surface area contributed by atoms with Gasteiger partial charge in [0.25, 0.3) is 0 Å². The molecule has 1 heterocycles. The summed E-state index contributed by atoms with van der Waals surface area (Å²) in [5.41, 5.74) is 5.67. The highest BCUT2D eigenvalue weighted by molar-refractivity contribution is 5.00. The molecule has 0 fully saturated rings. The lowest BCUT2D eigenvalue weighted by Crippen LogP contribution is -2.03. The molecule has 4 heteroatoms. The van der Waals surface area contributed by atoms with Gasteiger partial charge in [-0.05, 0) is 13.0 Å². The molecule has 11 heavy (non-hydrogen) atoms. The fourth-order valence-electron chi connectivity index (χ4n) is 0.889. The maximum atomic E-state index is 13.0. The third-order valence-electron chi connectivity index (χ3n) is 1.47. The van der Waals surface area contributed by atoms with Crippen molar-refractivity contribution in [3.8, 4) is 0 Å². The van der Waals surface area contributed by atoms with E-state index in [2.05, 4.69) is 4.98 Å². The molecule has 1 atom stereocenters. The summed E-state index contributed by atoms with van der Waals surface area (Å²) in [6, 6.07) is 0. The zero-order chi connectivity index (χ0) is 8.27. The Morgan fingerprint density at radius 3 is 3.00 bits per heavy atom. The number of hydrogen-bond acceptors (Lipinski definition) is 2. The molecule has 1 unspecified atom stereocenters. The minimum Gasteiger partial charge on any atom is -0.340 e. The first-order valence-corrected chi connectivity index (χ1v) is 3.56. The lowest BCUT2D eigenvalue weighted by molar-refractivity contribution is 0.321. The van der Waals surface area contributed by atoms with Gasteiger partial charge in [-0.1, -0.05) is 0 Å². The average molecular weight is 157 g/mol. The molecular weight excluding hydrogens is 145 g/mol. The van der Waals surface area contributed by atoms with Crippen LogP contribution in [0.4, 0.5) is 4.39 Å². The van der Waals surface area contributed by atoms with Crippen molar-refractivity contribution in [1.29, 1.82) is 0 Å². The van der Waals surface area contributed by atoms with Crippen LogP contribution in [0.1, 0.15) is 18.3 Å². The van der Waals surface area contributed by atoms with Gasteiger partial charge in [0.15, 0.2) is 0 Å². The van der Waals surface area contributed by atoms with E-state index >= 15 is 0 Å². The molecule has 0 amide bonds. The van der Waals surface area contributed by atoms with Gasteiger partial charge in [-0.2, -0.15) is 0 Å². The van der Waals surface area contributed by atoms with Crippen molar-refractivity contribution in [2.75, 3.05) is 6.54 Å². The third kappa shape index (κ3) is 2.01. The Bertz CT molecular complexity index is 221. The highest BCUT2D eigenvalue weighted by Gasteiger charge is 2.10. The quantitative estimate of drug-likeness (QED) is 0.704. The van der Waals surface area contributed by atoms with E-state index in [1.807, 2.05) is 7.05 Å². The molecule has 0 bridgehead atoms. The maximum absolute atomic E-state index is 13.0. The summed E-state index contributed by atoms with van der Waals surface area (Å²) in [5, 5.41) is 0. The molecule has 1 rings (SSSR count). The fraction of sp³-hybridized carbons (Fsp3) is 0.571. The zero-order valence-electron chi connectivity index (χ0n) is 6.50. The number of rotatable bonds is 3. The second-order valence-corrected chi connectivity index (χ2v) is 2.51. The van der Waals surface area contributed by atoms with E-state index in [-0.39, 0.29) is 0 Å². The van der Waals surface area contributed by atoms with Gasteiger partial charge in [-0.25, -0.2) is 9.37 Å². The molecule has 0 saturated heterocycles. The van der Waals surface area contributed by atoms with Crippen LogP contribution in [0.25, 0.3) is 0 Å². The number of hydrogen-bond donors (Lipinski definition) is 1. The molecular formula is C7H12FN3. The minimum atomic E-state index is -1.01. The first kappa shape index (κ1) is 8.20. The van der Waals surface area contributed by atoms with Gasteiger partial charge in [-0.15, -0.1) is 0 Å². The second-order valence-electron chi connectivity index (χ2n) is 2.51. The smallest absolute Gasteiger partial charge is 0.145 e. The second kappa shape index (κ2) is 3.48. The van der Waals surface area contributed by atoms with Crippen molar-refractivity contribution < 1.29 is 4.39 Å². The topological polar surface area (TPSA) is 43.8 Å². The SMILES string of the molecule is Cn1cnc(C(F)CCN)c1. The average Bonchev–Trinajstić information content (AvgIpc) is 2.36. The Kier molecular flexibility index (Phi) is 2.59. The van der Waals surface area contributed by atoms with Gasteiger partial charge in [0.05, 0.1) is 12.0 Å². The predicted molar refractivity (Wildman–Crippen MR) is 40.7 cm³/mol. The van der Waals surface area contributed by atoms with Gasteiger partial charge in [-0.3, -0.25) is 0 Å². The van der Waals surface area contributed by atoms with E-state index in [1.165, 1.54) is 0 Å². The number of imidazole rings is 1. The predicted octanol–water partition coefficient (Wildman–Crippen LogP) is 0.780. The number of aryl methyl sites for hydroxylation is 1. The van der Waals surface area contributed by atoms with Gasteiger partial charge >= 0.3 is 0 Å². The van der Waals surface area contributed by atoms with Crippen molar-refractivity contribution in [3.05, 3.63) is 18.2 Å². The summed E-state index contributed by atoms with van der Waals surface area (Å²) in [4.78, 5) is 3.87. The Hall–Kier alpha value is -0.900. The van der Waals surface area contributed by atoms with E-state index in [0.29, 0.717) is 18.7 Å². The van der Waals surface area contributed by atoms with E-state index in [0.717, 1.165) is 0 Å². The van der Waals surface area contributed by atoms with Crippen LogP contribution in [-0.4, -0.2) is 16.1 Å². The lowest BCUT2D eigenvalue weighted by Gasteiger charge is -2.00. The highest BCUT2D eigenvalue weighted by Crippen LogP contribution is 2.17. The van der Waals surface area contributed by atoms with Crippen LogP contribution in [-0.2, 0) is 7.05 Å². The van der Waals surface area contributed by atoms with Crippen LogP contribution in [0.5, 0.6) is 0 Å². The summed E-state index contributed by atoms with van der Waals surface area (Å²) in [7, 11) is 1.81. The molecule has 0 aromatic carbocycles. The van der Waals surface area contributed by atoms with Gasteiger partial charge in [0.2, 0.25) is 0 Å². The molecule has 1 aromatic rings. The molecule has 0 saturated carbocycles. The first-order chi connectivity index (χ1) is 5.24. The molecule has 0 aliphatic rings. The summed E-state index contributed by atoms with van der Waals surface area (Å²) in [6.45, 7) is 0.359. The van der Waals surface area contributed by atoms with Crippen LogP contribution in [0.2, 0.25) is 0 Å². The number of nitrogens with two attached hydrogens (primary N) is 1. The molecule has 0 aliphatic carbocycles. The molecule has 0 spiro atoms. The van der Waals surface area contributed by atoms with E-state index < -0.39 is 6.17 Å². The fourth-order valence-corrected chi connectivity index (χ4v) is 0.889. The van der Waals surface area contributed by atoms with Crippen molar-refractivity contribution in [2.24, 2.45) is 12.8 Å². The number of nitrogens with zero attached hydrogens (tertiary/aromatic N) is 2. The van der Waals surface area contributed by atoms with E-state index in [4.69, 9.17) is 5.73 Å². The molecule has 2 N–H and O–H groups in total. The lowest BCUT2D eigenvalue weighted by atomic mass is 10.2. The summed E-state index contributed by atoms with van der Waals surface area (Å²) in [5.74, 6) is 0. The standard InChI is InChI=1S/C7H12FN3/c1-11-4-7(10-5-11)6(8)2-3-9/h4-6H,2-3,9H2,1H3. The van der Waals surface area contributed by atoms with Crippen LogP contribution in [0.3, 0.4) is 0 Å². The molecule has 0 radical (unpaired) electrons. The normalized spacial score (nSPS) is 13.4. The zero-order valence-corrected chi connectivity index (χ0v) is 6.50. The number of aromatic nitrogens is 2. The van der Waals surface area contributed by atoms with E-state index in [9.17, 15) is 4.39 Å².